The first kappa shape index (κ1) is 16.8. The molecule has 1 spiro atoms. The van der Waals surface area contributed by atoms with Gasteiger partial charge in [0.25, 0.3) is 0 Å². The summed E-state index contributed by atoms with van der Waals surface area (Å²) in [5.74, 6) is 0.813. The van der Waals surface area contributed by atoms with E-state index in [2.05, 4.69) is 10.00 Å². The number of thiophene rings is 1. The molecule has 0 radical (unpaired) electrons. The number of pyridine rings is 1. The molecule has 4 aromatic rings. The van der Waals surface area contributed by atoms with Crippen molar-refractivity contribution >= 4 is 29.1 Å². The van der Waals surface area contributed by atoms with E-state index in [-0.39, 0.29) is 5.54 Å². The highest BCUT2D eigenvalue weighted by molar-refractivity contribution is 7.13. The van der Waals surface area contributed by atoms with Gasteiger partial charge in [0, 0.05) is 18.3 Å². The molecule has 0 N–H and O–H groups in total. The number of fused-ring (bicyclic) bond motifs is 1. The van der Waals surface area contributed by atoms with Gasteiger partial charge >= 0.3 is 0 Å². The third kappa shape index (κ3) is 2.53. The summed E-state index contributed by atoms with van der Waals surface area (Å²) in [5.41, 5.74) is 3.79. The van der Waals surface area contributed by atoms with Crippen LogP contribution in [0.1, 0.15) is 16.8 Å². The predicted molar refractivity (Wildman–Crippen MR) is 110 cm³/mol. The second-order valence-corrected chi connectivity index (χ2v) is 8.44. The van der Waals surface area contributed by atoms with Crippen LogP contribution < -0.4 is 4.90 Å². The number of anilines is 1. The highest BCUT2D eigenvalue weighted by atomic mass is 32.1. The van der Waals surface area contributed by atoms with E-state index in [0.29, 0.717) is 11.3 Å². The Morgan fingerprint density at radius 3 is 2.79 bits per heavy atom. The lowest BCUT2D eigenvalue weighted by Crippen LogP contribution is -2.71. The maximum Gasteiger partial charge on any atom is 0.165 e. The lowest BCUT2D eigenvalue weighted by atomic mass is 9.82. The maximum absolute atomic E-state index is 11.6. The summed E-state index contributed by atoms with van der Waals surface area (Å²) in [7, 11) is 0. The van der Waals surface area contributed by atoms with Crippen molar-refractivity contribution in [3.63, 3.8) is 0 Å². The van der Waals surface area contributed by atoms with E-state index < -0.39 is 0 Å². The lowest BCUT2D eigenvalue weighted by molar-refractivity contribution is -0.0851. The SMILES string of the molecule is O=Cc1cc(-c2cnn3ccc(-c4cccs4)nc23)nc(N2CCC23COC3)c1. The summed E-state index contributed by atoms with van der Waals surface area (Å²) >= 11 is 1.65. The van der Waals surface area contributed by atoms with Crippen molar-refractivity contribution in [3.8, 4) is 21.8 Å². The molecule has 29 heavy (non-hydrogen) atoms. The van der Waals surface area contributed by atoms with Gasteiger partial charge in [-0.1, -0.05) is 6.07 Å². The molecule has 2 aliphatic heterocycles. The normalized spacial score (nSPS) is 17.3. The molecule has 6 heterocycles. The number of hydrogen-bond donors (Lipinski definition) is 0. The van der Waals surface area contributed by atoms with Crippen LogP contribution in [0.3, 0.4) is 0 Å². The molecular weight excluding hydrogens is 386 g/mol. The Morgan fingerprint density at radius 2 is 2.10 bits per heavy atom. The first-order valence-corrected chi connectivity index (χ1v) is 10.4. The topological polar surface area (TPSA) is 72.6 Å². The van der Waals surface area contributed by atoms with E-state index >= 15 is 0 Å². The first-order chi connectivity index (χ1) is 14.3. The van der Waals surface area contributed by atoms with E-state index in [9.17, 15) is 4.79 Å². The van der Waals surface area contributed by atoms with Crippen molar-refractivity contribution in [1.29, 1.82) is 0 Å². The molecular formula is C21H17N5O2S. The minimum Gasteiger partial charge on any atom is -0.376 e. The number of aldehydes is 1. The van der Waals surface area contributed by atoms with E-state index in [4.69, 9.17) is 14.7 Å². The molecule has 2 aliphatic rings. The highest BCUT2D eigenvalue weighted by Crippen LogP contribution is 2.41. The van der Waals surface area contributed by atoms with Gasteiger partial charge in [0.15, 0.2) is 5.65 Å². The first-order valence-electron chi connectivity index (χ1n) is 9.47. The van der Waals surface area contributed by atoms with Gasteiger partial charge in [-0.2, -0.15) is 5.10 Å². The van der Waals surface area contributed by atoms with Gasteiger partial charge in [-0.05, 0) is 36.1 Å². The molecule has 0 unspecified atom stereocenters. The zero-order valence-electron chi connectivity index (χ0n) is 15.5. The Balaban J connectivity index is 1.47. The van der Waals surface area contributed by atoms with Crippen molar-refractivity contribution in [2.24, 2.45) is 0 Å². The van der Waals surface area contributed by atoms with E-state index in [1.807, 2.05) is 35.8 Å². The van der Waals surface area contributed by atoms with Crippen LogP contribution >= 0.6 is 11.3 Å². The summed E-state index contributed by atoms with van der Waals surface area (Å²) in [5, 5.41) is 6.47. The third-order valence-corrected chi connectivity index (χ3v) is 6.67. The Kier molecular flexibility index (Phi) is 3.60. The molecule has 0 amide bonds. The molecule has 2 saturated heterocycles. The quantitative estimate of drug-likeness (QED) is 0.487. The fourth-order valence-electron chi connectivity index (χ4n) is 4.03. The maximum atomic E-state index is 11.6. The number of hydrogen-bond acceptors (Lipinski definition) is 7. The van der Waals surface area contributed by atoms with Crippen LogP contribution in [0.2, 0.25) is 0 Å². The Hall–Kier alpha value is -3.10. The van der Waals surface area contributed by atoms with Crippen molar-refractivity contribution in [1.82, 2.24) is 19.6 Å². The summed E-state index contributed by atoms with van der Waals surface area (Å²) < 4.78 is 7.18. The monoisotopic (exact) mass is 403 g/mol. The van der Waals surface area contributed by atoms with Gasteiger partial charge in [0.2, 0.25) is 0 Å². The molecule has 4 aromatic heterocycles. The Morgan fingerprint density at radius 1 is 1.17 bits per heavy atom. The van der Waals surface area contributed by atoms with Gasteiger partial charge < -0.3 is 9.64 Å². The van der Waals surface area contributed by atoms with Crippen molar-refractivity contribution in [3.05, 3.63) is 53.7 Å². The third-order valence-electron chi connectivity index (χ3n) is 5.78. The van der Waals surface area contributed by atoms with Crippen LogP contribution in [0.4, 0.5) is 5.82 Å². The average Bonchev–Trinajstić information content (AvgIpc) is 3.35. The smallest absolute Gasteiger partial charge is 0.165 e. The second-order valence-electron chi connectivity index (χ2n) is 7.50. The number of ether oxygens (including phenoxy) is 1. The summed E-state index contributed by atoms with van der Waals surface area (Å²) in [6.45, 7) is 2.36. The summed E-state index contributed by atoms with van der Waals surface area (Å²) in [6, 6.07) is 9.67. The molecule has 6 rings (SSSR count). The van der Waals surface area contributed by atoms with Crippen LogP contribution in [-0.2, 0) is 4.74 Å². The number of nitrogens with zero attached hydrogens (tertiary/aromatic N) is 5. The summed E-state index contributed by atoms with van der Waals surface area (Å²) in [6.07, 6.45) is 5.63. The largest absolute Gasteiger partial charge is 0.376 e. The van der Waals surface area contributed by atoms with E-state index in [1.165, 1.54) is 0 Å². The molecule has 144 valence electrons. The predicted octanol–water partition coefficient (Wildman–Crippen LogP) is 3.31. The van der Waals surface area contributed by atoms with Gasteiger partial charge in [-0.25, -0.2) is 14.5 Å². The number of aromatic nitrogens is 4. The fraction of sp³-hybridized carbons (Fsp3) is 0.238. The highest BCUT2D eigenvalue weighted by Gasteiger charge is 2.51. The number of carbonyl (C=O) groups is 1. The van der Waals surface area contributed by atoms with Crippen molar-refractivity contribution in [2.45, 2.75) is 12.0 Å². The van der Waals surface area contributed by atoms with Gasteiger partial charge in [0.05, 0.1) is 46.8 Å². The molecule has 0 atom stereocenters. The Bertz CT molecular complexity index is 1220. The fourth-order valence-corrected chi connectivity index (χ4v) is 4.72. The lowest BCUT2D eigenvalue weighted by Gasteiger charge is -2.58. The molecule has 7 nitrogen and oxygen atoms in total. The van der Waals surface area contributed by atoms with Crippen molar-refractivity contribution < 1.29 is 9.53 Å². The van der Waals surface area contributed by atoms with Crippen LogP contribution in [0, 0.1) is 0 Å². The zero-order chi connectivity index (χ0) is 19.4. The van der Waals surface area contributed by atoms with Crippen LogP contribution in [0.25, 0.3) is 27.5 Å². The number of rotatable bonds is 4. The van der Waals surface area contributed by atoms with Gasteiger partial charge in [0.1, 0.15) is 12.1 Å². The van der Waals surface area contributed by atoms with Crippen LogP contribution in [0.15, 0.2) is 48.1 Å². The molecule has 0 bridgehead atoms. The molecule has 0 aliphatic carbocycles. The Labute approximate surface area is 170 Å². The standard InChI is InChI=1S/C21H17N5O2S/c27-11-14-8-17(23-19(9-14)25-6-4-21(25)12-28-13-21)15-10-22-26-5-3-16(24-20(15)26)18-2-1-7-29-18/h1-3,5,7-11H,4,6,12-13H2. The van der Waals surface area contributed by atoms with Gasteiger partial charge in [-0.15, -0.1) is 11.3 Å². The minimum absolute atomic E-state index is 0.0530. The zero-order valence-corrected chi connectivity index (χ0v) is 16.3. The summed E-state index contributed by atoms with van der Waals surface area (Å²) in [4.78, 5) is 24.7. The molecule has 0 saturated carbocycles. The minimum atomic E-state index is 0.0530. The van der Waals surface area contributed by atoms with Gasteiger partial charge in [-0.3, -0.25) is 4.79 Å². The van der Waals surface area contributed by atoms with Crippen LogP contribution in [-0.4, -0.2) is 51.2 Å². The molecule has 0 aromatic carbocycles. The average molecular weight is 403 g/mol. The van der Waals surface area contributed by atoms with E-state index in [1.54, 1.807) is 28.1 Å². The van der Waals surface area contributed by atoms with E-state index in [0.717, 1.165) is 60.1 Å². The van der Waals surface area contributed by atoms with Crippen LogP contribution in [0.5, 0.6) is 0 Å². The molecule has 8 heteroatoms. The molecule has 2 fully saturated rings. The van der Waals surface area contributed by atoms with Crippen molar-refractivity contribution in [2.75, 3.05) is 24.7 Å². The number of carbonyl (C=O) groups excluding carboxylic acids is 1. The second kappa shape index (κ2) is 6.20.